The molecule has 5 rings (SSSR count). The number of nitrogens with one attached hydrogen (secondary N) is 1. The van der Waals surface area contributed by atoms with Gasteiger partial charge in [-0.2, -0.15) is 10.2 Å². The highest BCUT2D eigenvalue weighted by atomic mass is 16.5. The van der Waals surface area contributed by atoms with Crippen molar-refractivity contribution in [2.75, 3.05) is 0 Å². The second-order valence-corrected chi connectivity index (χ2v) is 9.96. The summed E-state index contributed by atoms with van der Waals surface area (Å²) in [6, 6.07) is 33.5. The first-order valence-corrected chi connectivity index (χ1v) is 13.3. The Bertz CT molecular complexity index is 1610. The van der Waals surface area contributed by atoms with Gasteiger partial charge in [0.25, 0.3) is 5.91 Å². The zero-order chi connectivity index (χ0) is 27.9. The molecule has 1 N–H and O–H groups in total. The molecule has 200 valence electrons. The third-order valence-electron chi connectivity index (χ3n) is 6.58. The Balaban J connectivity index is 1.26. The molecule has 1 heterocycles. The molecule has 0 aliphatic carbocycles. The van der Waals surface area contributed by atoms with E-state index in [1.807, 2.05) is 83.7 Å². The van der Waals surface area contributed by atoms with E-state index in [1.54, 1.807) is 18.3 Å². The number of aromatic nitrogens is 2. The van der Waals surface area contributed by atoms with Gasteiger partial charge in [0.2, 0.25) is 0 Å². The van der Waals surface area contributed by atoms with Crippen LogP contribution in [-0.4, -0.2) is 21.9 Å². The van der Waals surface area contributed by atoms with Gasteiger partial charge in [0, 0.05) is 22.9 Å². The fourth-order valence-electron chi connectivity index (χ4n) is 4.40. The minimum Gasteiger partial charge on any atom is -0.489 e. The number of benzene rings is 4. The second-order valence-electron chi connectivity index (χ2n) is 9.96. The van der Waals surface area contributed by atoms with Crippen molar-refractivity contribution in [1.82, 2.24) is 15.2 Å². The van der Waals surface area contributed by atoms with Gasteiger partial charge in [-0.25, -0.2) is 10.1 Å². The number of hydrogen-bond acceptors (Lipinski definition) is 4. The number of carbonyl (C=O) groups is 1. The number of hydrazone groups is 1. The summed E-state index contributed by atoms with van der Waals surface area (Å²) in [6.07, 6.45) is 3.53. The SMILES string of the molecule is Cc1ccc(C(C)C)c(OCc2ccc(C(=O)NN=Cc3cn(-c4ccccc4)nc3-c3ccccc3)cc2)c1. The zero-order valence-electron chi connectivity index (χ0n) is 22.9. The fraction of sp³-hybridized carbons (Fsp3) is 0.147. The van der Waals surface area contributed by atoms with Crippen molar-refractivity contribution < 1.29 is 9.53 Å². The molecule has 0 unspecified atom stereocenters. The van der Waals surface area contributed by atoms with E-state index in [0.717, 1.165) is 39.4 Å². The van der Waals surface area contributed by atoms with Gasteiger partial charge in [-0.15, -0.1) is 0 Å². The Morgan fingerprint density at radius 1 is 0.950 bits per heavy atom. The van der Waals surface area contributed by atoms with Crippen LogP contribution in [0.25, 0.3) is 16.9 Å². The highest BCUT2D eigenvalue weighted by Crippen LogP contribution is 2.28. The molecular weight excluding hydrogens is 496 g/mol. The lowest BCUT2D eigenvalue weighted by molar-refractivity contribution is 0.0955. The van der Waals surface area contributed by atoms with E-state index in [9.17, 15) is 4.79 Å². The minimum atomic E-state index is -0.291. The fourth-order valence-corrected chi connectivity index (χ4v) is 4.40. The maximum absolute atomic E-state index is 12.8. The molecule has 40 heavy (non-hydrogen) atoms. The maximum atomic E-state index is 12.8. The molecule has 0 saturated carbocycles. The van der Waals surface area contributed by atoms with E-state index in [2.05, 4.69) is 49.5 Å². The summed E-state index contributed by atoms with van der Waals surface area (Å²) in [4.78, 5) is 12.8. The van der Waals surface area contributed by atoms with E-state index in [4.69, 9.17) is 9.84 Å². The van der Waals surface area contributed by atoms with Gasteiger partial charge in [0.1, 0.15) is 18.1 Å². The van der Waals surface area contributed by atoms with Crippen molar-refractivity contribution in [3.63, 3.8) is 0 Å². The largest absolute Gasteiger partial charge is 0.489 e. The van der Waals surface area contributed by atoms with E-state index in [1.165, 1.54) is 5.56 Å². The van der Waals surface area contributed by atoms with E-state index >= 15 is 0 Å². The Hall–Kier alpha value is -4.97. The van der Waals surface area contributed by atoms with E-state index in [0.29, 0.717) is 18.1 Å². The average molecular weight is 529 g/mol. The topological polar surface area (TPSA) is 68.5 Å². The summed E-state index contributed by atoms with van der Waals surface area (Å²) in [5.41, 5.74) is 9.96. The van der Waals surface area contributed by atoms with Crippen molar-refractivity contribution in [2.24, 2.45) is 5.10 Å². The minimum absolute atomic E-state index is 0.291. The van der Waals surface area contributed by atoms with Crippen LogP contribution in [0.5, 0.6) is 5.75 Å². The Labute approximate surface area is 235 Å². The summed E-state index contributed by atoms with van der Waals surface area (Å²) < 4.78 is 7.94. The molecular formula is C34H32N4O2. The van der Waals surface area contributed by atoms with Crippen LogP contribution in [0, 0.1) is 6.92 Å². The number of hydrogen-bond donors (Lipinski definition) is 1. The van der Waals surface area contributed by atoms with Gasteiger partial charge in [0.05, 0.1) is 11.9 Å². The number of rotatable bonds is 9. The molecule has 0 radical (unpaired) electrons. The van der Waals surface area contributed by atoms with Crippen LogP contribution in [-0.2, 0) is 6.61 Å². The van der Waals surface area contributed by atoms with Crippen LogP contribution in [0.15, 0.2) is 114 Å². The summed E-state index contributed by atoms with van der Waals surface area (Å²) in [6.45, 7) is 6.80. The predicted molar refractivity (Wildman–Crippen MR) is 160 cm³/mol. The summed E-state index contributed by atoms with van der Waals surface area (Å²) in [5.74, 6) is 0.983. The molecule has 0 spiro atoms. The molecule has 6 heteroatoms. The quantitative estimate of drug-likeness (QED) is 0.161. The monoisotopic (exact) mass is 528 g/mol. The van der Waals surface area contributed by atoms with Crippen molar-refractivity contribution >= 4 is 12.1 Å². The number of aryl methyl sites for hydroxylation is 1. The Morgan fingerprint density at radius 2 is 1.65 bits per heavy atom. The molecule has 0 atom stereocenters. The molecule has 1 amide bonds. The molecule has 0 aliphatic heterocycles. The first-order chi connectivity index (χ1) is 19.5. The van der Waals surface area contributed by atoms with Crippen LogP contribution in [0.4, 0.5) is 0 Å². The van der Waals surface area contributed by atoms with Gasteiger partial charge in [-0.05, 0) is 59.9 Å². The lowest BCUT2D eigenvalue weighted by Gasteiger charge is -2.15. The summed E-state index contributed by atoms with van der Waals surface area (Å²) in [5, 5.41) is 9.02. The molecule has 0 saturated heterocycles. The van der Waals surface area contributed by atoms with Crippen molar-refractivity contribution in [2.45, 2.75) is 33.3 Å². The maximum Gasteiger partial charge on any atom is 0.271 e. The van der Waals surface area contributed by atoms with Gasteiger partial charge < -0.3 is 4.74 Å². The molecule has 6 nitrogen and oxygen atoms in total. The molecule has 5 aromatic rings. The molecule has 0 fully saturated rings. The first-order valence-electron chi connectivity index (χ1n) is 13.3. The van der Waals surface area contributed by atoms with Crippen molar-refractivity contribution in [3.8, 4) is 22.7 Å². The number of amides is 1. The highest BCUT2D eigenvalue weighted by Gasteiger charge is 2.12. The summed E-state index contributed by atoms with van der Waals surface area (Å²) in [7, 11) is 0. The van der Waals surface area contributed by atoms with Gasteiger partial charge in [0.15, 0.2) is 0 Å². The zero-order valence-corrected chi connectivity index (χ0v) is 22.9. The van der Waals surface area contributed by atoms with Gasteiger partial charge in [-0.3, -0.25) is 4.79 Å². The number of para-hydroxylation sites is 1. The lowest BCUT2D eigenvalue weighted by atomic mass is 10.0. The van der Waals surface area contributed by atoms with E-state index in [-0.39, 0.29) is 5.91 Å². The van der Waals surface area contributed by atoms with Crippen LogP contribution < -0.4 is 10.2 Å². The number of nitrogens with zero attached hydrogens (tertiary/aromatic N) is 3. The lowest BCUT2D eigenvalue weighted by Crippen LogP contribution is -2.17. The van der Waals surface area contributed by atoms with Crippen LogP contribution in [0.1, 0.15) is 52.4 Å². The third kappa shape index (κ3) is 6.35. The number of ether oxygens (including phenoxy) is 1. The Morgan fingerprint density at radius 3 is 2.35 bits per heavy atom. The third-order valence-corrected chi connectivity index (χ3v) is 6.58. The smallest absolute Gasteiger partial charge is 0.271 e. The van der Waals surface area contributed by atoms with Gasteiger partial charge in [-0.1, -0.05) is 86.6 Å². The van der Waals surface area contributed by atoms with Crippen molar-refractivity contribution in [3.05, 3.63) is 137 Å². The number of carbonyl (C=O) groups excluding carboxylic acids is 1. The predicted octanol–water partition coefficient (Wildman–Crippen LogP) is 7.31. The second kappa shape index (κ2) is 12.3. The van der Waals surface area contributed by atoms with Crippen molar-refractivity contribution in [1.29, 1.82) is 0 Å². The normalized spacial score (nSPS) is 11.2. The summed E-state index contributed by atoms with van der Waals surface area (Å²) >= 11 is 0. The average Bonchev–Trinajstić information content (AvgIpc) is 3.41. The highest BCUT2D eigenvalue weighted by molar-refractivity contribution is 5.95. The van der Waals surface area contributed by atoms with Gasteiger partial charge >= 0.3 is 0 Å². The molecule has 1 aromatic heterocycles. The van der Waals surface area contributed by atoms with Crippen LogP contribution >= 0.6 is 0 Å². The molecule has 0 bridgehead atoms. The van der Waals surface area contributed by atoms with Crippen LogP contribution in [0.3, 0.4) is 0 Å². The van der Waals surface area contributed by atoms with Crippen LogP contribution in [0.2, 0.25) is 0 Å². The molecule has 0 aliphatic rings. The Kier molecular flexibility index (Phi) is 8.16. The standard InChI is InChI=1S/C34H32N4O2/c1-24(2)31-19-14-25(3)20-32(31)40-23-26-15-17-28(18-16-26)34(39)36-35-21-29-22-38(30-12-8-5-9-13-30)37-33(29)27-10-6-4-7-11-27/h4-22,24H,23H2,1-3H3,(H,36,39). The molecule has 4 aromatic carbocycles. The first kappa shape index (κ1) is 26.6. The van der Waals surface area contributed by atoms with E-state index < -0.39 is 0 Å².